The van der Waals surface area contributed by atoms with Gasteiger partial charge in [0, 0.05) is 5.69 Å². The second-order valence-corrected chi connectivity index (χ2v) is 8.93. The summed E-state index contributed by atoms with van der Waals surface area (Å²) in [4.78, 5) is 52.0. The van der Waals surface area contributed by atoms with Gasteiger partial charge >= 0.3 is 5.97 Å². The van der Waals surface area contributed by atoms with E-state index in [-0.39, 0.29) is 41.0 Å². The number of anilines is 2. The number of benzene rings is 2. The van der Waals surface area contributed by atoms with E-state index in [1.165, 1.54) is 17.0 Å². The number of esters is 1. The van der Waals surface area contributed by atoms with Crippen LogP contribution in [0, 0.1) is 37.5 Å². The van der Waals surface area contributed by atoms with E-state index in [0.29, 0.717) is 11.4 Å². The Balaban J connectivity index is 1.25. The van der Waals surface area contributed by atoms with Crippen molar-refractivity contribution in [2.75, 3.05) is 16.8 Å². The van der Waals surface area contributed by atoms with Gasteiger partial charge in [-0.05, 0) is 67.5 Å². The Labute approximate surface area is 191 Å². The van der Waals surface area contributed by atoms with Gasteiger partial charge in [-0.15, -0.1) is 0 Å². The Hall–Kier alpha value is -3.74. The number of allylic oxidation sites excluding steroid dienone is 2. The highest BCUT2D eigenvalue weighted by Gasteiger charge is 2.59. The lowest BCUT2D eigenvalue weighted by Crippen LogP contribution is -2.33. The Morgan fingerprint density at radius 3 is 2.36 bits per heavy atom. The zero-order valence-electron chi connectivity index (χ0n) is 18.4. The first-order valence-electron chi connectivity index (χ1n) is 11.0. The number of imide groups is 1. The van der Waals surface area contributed by atoms with E-state index in [2.05, 4.69) is 5.32 Å². The predicted molar refractivity (Wildman–Crippen MR) is 121 cm³/mol. The number of fused-ring (bicyclic) bond motifs is 5. The third-order valence-corrected chi connectivity index (χ3v) is 7.02. The Bertz CT molecular complexity index is 1190. The third-order valence-electron chi connectivity index (χ3n) is 7.02. The molecule has 1 aliphatic heterocycles. The van der Waals surface area contributed by atoms with E-state index in [1.807, 2.05) is 38.1 Å². The first kappa shape index (κ1) is 21.1. The number of rotatable bonds is 5. The van der Waals surface area contributed by atoms with E-state index in [9.17, 15) is 19.2 Å². The lowest BCUT2D eigenvalue weighted by Gasteiger charge is -2.18. The van der Waals surface area contributed by atoms with Crippen molar-refractivity contribution in [1.29, 1.82) is 0 Å². The molecule has 0 unspecified atom stereocenters. The normalized spacial score (nSPS) is 24.8. The van der Waals surface area contributed by atoms with Crippen molar-refractivity contribution in [3.8, 4) is 0 Å². The maximum atomic E-state index is 13.0. The number of carbonyl (C=O) groups is 4. The van der Waals surface area contributed by atoms with Gasteiger partial charge in [0.05, 0.1) is 23.1 Å². The number of aryl methyl sites for hydroxylation is 1. The highest BCUT2D eigenvalue weighted by Crippen LogP contribution is 2.53. The van der Waals surface area contributed by atoms with E-state index in [1.54, 1.807) is 18.2 Å². The molecule has 0 aromatic heterocycles. The number of nitrogens with zero attached hydrogens (tertiary/aromatic N) is 1. The first-order chi connectivity index (χ1) is 15.8. The van der Waals surface area contributed by atoms with Crippen molar-refractivity contribution in [3.63, 3.8) is 0 Å². The van der Waals surface area contributed by atoms with Gasteiger partial charge in [0.2, 0.25) is 11.8 Å². The highest BCUT2D eigenvalue weighted by atomic mass is 16.5. The molecule has 168 valence electrons. The van der Waals surface area contributed by atoms with Crippen LogP contribution in [0.5, 0.6) is 0 Å². The molecule has 1 N–H and O–H groups in total. The molecule has 33 heavy (non-hydrogen) atoms. The number of carbonyl (C=O) groups excluding carboxylic acids is 4. The Kier molecular flexibility index (Phi) is 5.12. The van der Waals surface area contributed by atoms with Gasteiger partial charge in [-0.1, -0.05) is 30.4 Å². The molecule has 4 atom stereocenters. The molecule has 1 heterocycles. The smallest absolute Gasteiger partial charge is 0.338 e. The summed E-state index contributed by atoms with van der Waals surface area (Å²) >= 11 is 0. The summed E-state index contributed by atoms with van der Waals surface area (Å²) in [7, 11) is 0. The van der Waals surface area contributed by atoms with Crippen LogP contribution in [-0.4, -0.2) is 30.3 Å². The Morgan fingerprint density at radius 1 is 1.00 bits per heavy atom. The number of hydrogen-bond acceptors (Lipinski definition) is 5. The van der Waals surface area contributed by atoms with Gasteiger partial charge in [-0.3, -0.25) is 14.4 Å². The Morgan fingerprint density at radius 2 is 1.67 bits per heavy atom. The standard InChI is InChI=1S/C26H24N2O5/c1-14-5-3-8-20(15(14)2)27-21(29)13-33-26(32)18-6-4-7-19(12-18)28-24(30)22-16-9-10-17(11-16)23(22)25(28)31/h3-10,12,16-17,22-23H,11,13H2,1-2H3,(H,27,29)/t16-,17-,22+,23+/m0/s1. The summed E-state index contributed by atoms with van der Waals surface area (Å²) < 4.78 is 5.17. The molecule has 2 aromatic carbocycles. The summed E-state index contributed by atoms with van der Waals surface area (Å²) in [6.07, 6.45) is 4.94. The summed E-state index contributed by atoms with van der Waals surface area (Å²) in [5, 5.41) is 2.74. The molecule has 1 saturated carbocycles. The summed E-state index contributed by atoms with van der Waals surface area (Å²) in [5.74, 6) is -1.95. The van der Waals surface area contributed by atoms with Gasteiger partial charge in [0.1, 0.15) is 0 Å². The SMILES string of the molecule is Cc1cccc(NC(=O)COC(=O)c2cccc(N3C(=O)[C@H]4[C@H](C3=O)[C@H]3C=C[C@H]4C3)c2)c1C. The lowest BCUT2D eigenvalue weighted by molar-refractivity contribution is -0.123. The molecule has 3 aliphatic rings. The van der Waals surface area contributed by atoms with Crippen LogP contribution >= 0.6 is 0 Å². The van der Waals surface area contributed by atoms with Crippen molar-refractivity contribution in [2.24, 2.45) is 23.7 Å². The molecule has 2 bridgehead atoms. The lowest BCUT2D eigenvalue weighted by atomic mass is 9.85. The van der Waals surface area contributed by atoms with Gasteiger partial charge in [0.25, 0.3) is 5.91 Å². The molecular weight excluding hydrogens is 420 g/mol. The average Bonchev–Trinajstić information content (AvgIpc) is 3.49. The second kappa shape index (κ2) is 7.99. The minimum Gasteiger partial charge on any atom is -0.452 e. The van der Waals surface area contributed by atoms with Crippen LogP contribution in [0.4, 0.5) is 11.4 Å². The van der Waals surface area contributed by atoms with E-state index >= 15 is 0 Å². The van der Waals surface area contributed by atoms with Crippen molar-refractivity contribution < 1.29 is 23.9 Å². The zero-order valence-corrected chi connectivity index (χ0v) is 18.4. The highest BCUT2D eigenvalue weighted by molar-refractivity contribution is 6.23. The second-order valence-electron chi connectivity index (χ2n) is 8.93. The predicted octanol–water partition coefficient (Wildman–Crippen LogP) is 3.41. The van der Waals surface area contributed by atoms with Crippen LogP contribution in [0.25, 0.3) is 0 Å². The van der Waals surface area contributed by atoms with Gasteiger partial charge < -0.3 is 10.1 Å². The number of amides is 3. The summed E-state index contributed by atoms with van der Waals surface area (Å²) in [5.41, 5.74) is 3.18. The van der Waals surface area contributed by atoms with Gasteiger partial charge in [-0.2, -0.15) is 0 Å². The number of ether oxygens (including phenoxy) is 1. The topological polar surface area (TPSA) is 92.8 Å². The molecule has 5 rings (SSSR count). The molecule has 3 amide bonds. The molecule has 2 aliphatic carbocycles. The number of nitrogens with one attached hydrogen (secondary N) is 1. The molecular formula is C26H24N2O5. The van der Waals surface area contributed by atoms with Crippen molar-refractivity contribution in [2.45, 2.75) is 20.3 Å². The quantitative estimate of drug-likeness (QED) is 0.433. The van der Waals surface area contributed by atoms with Gasteiger partial charge in [-0.25, -0.2) is 9.69 Å². The zero-order chi connectivity index (χ0) is 23.3. The minimum absolute atomic E-state index is 0.116. The molecule has 2 fully saturated rings. The molecule has 0 radical (unpaired) electrons. The number of hydrogen-bond donors (Lipinski definition) is 1. The van der Waals surface area contributed by atoms with Crippen LogP contribution < -0.4 is 10.2 Å². The van der Waals surface area contributed by atoms with Crippen LogP contribution in [0.1, 0.15) is 27.9 Å². The molecule has 1 saturated heterocycles. The van der Waals surface area contributed by atoms with Crippen LogP contribution in [0.2, 0.25) is 0 Å². The molecule has 2 aromatic rings. The maximum absolute atomic E-state index is 13.0. The fraction of sp³-hybridized carbons (Fsp3) is 0.308. The van der Waals surface area contributed by atoms with Gasteiger partial charge in [0.15, 0.2) is 6.61 Å². The summed E-state index contributed by atoms with van der Waals surface area (Å²) in [6.45, 7) is 3.40. The molecule has 0 spiro atoms. The fourth-order valence-corrected chi connectivity index (χ4v) is 5.22. The third kappa shape index (κ3) is 3.53. The molecule has 7 nitrogen and oxygen atoms in total. The monoisotopic (exact) mass is 444 g/mol. The largest absolute Gasteiger partial charge is 0.452 e. The summed E-state index contributed by atoms with van der Waals surface area (Å²) in [6, 6.07) is 11.8. The van der Waals surface area contributed by atoms with Crippen LogP contribution in [-0.2, 0) is 19.1 Å². The van der Waals surface area contributed by atoms with E-state index in [0.717, 1.165) is 17.5 Å². The maximum Gasteiger partial charge on any atom is 0.338 e. The molecule has 7 heteroatoms. The average molecular weight is 444 g/mol. The van der Waals surface area contributed by atoms with E-state index < -0.39 is 18.5 Å². The van der Waals surface area contributed by atoms with E-state index in [4.69, 9.17) is 4.74 Å². The van der Waals surface area contributed by atoms with Crippen molar-refractivity contribution >= 4 is 35.1 Å². The van der Waals surface area contributed by atoms with Crippen LogP contribution in [0.15, 0.2) is 54.6 Å². The van der Waals surface area contributed by atoms with Crippen molar-refractivity contribution in [1.82, 2.24) is 0 Å². The van der Waals surface area contributed by atoms with Crippen molar-refractivity contribution in [3.05, 3.63) is 71.3 Å². The van der Waals surface area contributed by atoms with Crippen LogP contribution in [0.3, 0.4) is 0 Å². The minimum atomic E-state index is -0.700. The first-order valence-corrected chi connectivity index (χ1v) is 11.0. The fourth-order valence-electron chi connectivity index (χ4n) is 5.22.